The number of aliphatic hydroxyl groups is 1. The van der Waals surface area contributed by atoms with Crippen molar-refractivity contribution in [2.24, 2.45) is 0 Å². The van der Waals surface area contributed by atoms with Crippen LogP contribution >= 0.6 is 11.3 Å². The average molecular weight is 361 g/mol. The molecule has 2 heterocycles. The summed E-state index contributed by atoms with van der Waals surface area (Å²) in [6.45, 7) is 5.26. The molecule has 2 aromatic rings. The van der Waals surface area contributed by atoms with E-state index in [2.05, 4.69) is 50.0 Å². The minimum absolute atomic E-state index is 0.245. The van der Waals surface area contributed by atoms with Gasteiger partial charge in [0.2, 0.25) is 0 Å². The minimum atomic E-state index is 0.245. The Morgan fingerprint density at radius 2 is 2.00 bits per heavy atom. The van der Waals surface area contributed by atoms with Gasteiger partial charge in [0, 0.05) is 70.5 Å². The van der Waals surface area contributed by atoms with Crippen LogP contribution in [0.15, 0.2) is 36.5 Å². The fourth-order valence-corrected chi connectivity index (χ4v) is 4.22. The number of aliphatic hydroxyl groups excluding tert-OH is 1. The van der Waals surface area contributed by atoms with E-state index in [0.29, 0.717) is 6.04 Å². The smallest absolute Gasteiger partial charge is 0.185 e. The lowest BCUT2D eigenvalue weighted by atomic mass is 10.1. The average Bonchev–Trinajstić information content (AvgIpc) is 3.07. The zero-order valence-electron chi connectivity index (χ0n) is 15.1. The highest BCUT2D eigenvalue weighted by Crippen LogP contribution is 2.24. The molecule has 3 rings (SSSR count). The number of hydrogen-bond donors (Lipinski definition) is 1. The van der Waals surface area contributed by atoms with E-state index in [0.717, 1.165) is 44.3 Å². The molecule has 1 saturated heterocycles. The maximum Gasteiger partial charge on any atom is 0.185 e. The Balaban J connectivity index is 1.60. The van der Waals surface area contributed by atoms with Crippen LogP contribution in [0.4, 0.5) is 5.13 Å². The number of benzene rings is 1. The Morgan fingerprint density at radius 1 is 1.20 bits per heavy atom. The lowest BCUT2D eigenvalue weighted by Crippen LogP contribution is -2.52. The Bertz CT molecular complexity index is 646. The van der Waals surface area contributed by atoms with Crippen molar-refractivity contribution in [1.82, 2.24) is 14.8 Å². The Morgan fingerprint density at radius 3 is 2.68 bits per heavy atom. The summed E-state index contributed by atoms with van der Waals surface area (Å²) in [5.74, 6) is 0. The van der Waals surface area contributed by atoms with Crippen LogP contribution in [0.5, 0.6) is 0 Å². The molecule has 1 aromatic carbocycles. The van der Waals surface area contributed by atoms with E-state index >= 15 is 0 Å². The van der Waals surface area contributed by atoms with E-state index in [4.69, 9.17) is 0 Å². The first-order valence-corrected chi connectivity index (χ1v) is 9.70. The Labute approximate surface area is 154 Å². The van der Waals surface area contributed by atoms with E-state index in [1.165, 1.54) is 10.4 Å². The topological polar surface area (TPSA) is 42.8 Å². The molecular formula is C19H28N4OS. The van der Waals surface area contributed by atoms with Gasteiger partial charge in [0.05, 0.1) is 0 Å². The molecule has 1 aromatic heterocycles. The van der Waals surface area contributed by atoms with Crippen molar-refractivity contribution in [3.63, 3.8) is 0 Å². The molecule has 1 atom stereocenters. The third-order valence-electron chi connectivity index (χ3n) is 4.68. The van der Waals surface area contributed by atoms with Crippen molar-refractivity contribution in [2.45, 2.75) is 25.6 Å². The number of aromatic nitrogens is 1. The third kappa shape index (κ3) is 5.01. The van der Waals surface area contributed by atoms with E-state index in [1.54, 1.807) is 11.3 Å². The van der Waals surface area contributed by atoms with E-state index in [1.807, 2.05) is 20.3 Å². The SMILES string of the molecule is CN(C)c1ncc(CN2CCN(Cc3ccccc3)[C@H](CCO)C2)s1. The van der Waals surface area contributed by atoms with Gasteiger partial charge in [-0.05, 0) is 12.0 Å². The van der Waals surface area contributed by atoms with Crippen LogP contribution in [0.2, 0.25) is 0 Å². The Hall–Kier alpha value is -1.47. The molecule has 1 aliphatic rings. The quantitative estimate of drug-likeness (QED) is 0.821. The summed E-state index contributed by atoms with van der Waals surface area (Å²) in [5.41, 5.74) is 1.34. The van der Waals surface area contributed by atoms with Crippen LogP contribution in [0, 0.1) is 0 Å². The van der Waals surface area contributed by atoms with Crippen molar-refractivity contribution in [3.05, 3.63) is 47.0 Å². The maximum atomic E-state index is 9.48. The molecular weight excluding hydrogens is 332 g/mol. The first-order valence-electron chi connectivity index (χ1n) is 8.89. The van der Waals surface area contributed by atoms with Gasteiger partial charge >= 0.3 is 0 Å². The highest BCUT2D eigenvalue weighted by molar-refractivity contribution is 7.15. The number of nitrogens with zero attached hydrogens (tertiary/aromatic N) is 4. The predicted octanol–water partition coefficient (Wildman–Crippen LogP) is 2.28. The van der Waals surface area contributed by atoms with Crippen LogP contribution in [0.1, 0.15) is 16.9 Å². The van der Waals surface area contributed by atoms with Crippen molar-refractivity contribution in [1.29, 1.82) is 0 Å². The van der Waals surface area contributed by atoms with Gasteiger partial charge in [-0.2, -0.15) is 0 Å². The largest absolute Gasteiger partial charge is 0.396 e. The zero-order valence-corrected chi connectivity index (χ0v) is 16.0. The maximum absolute atomic E-state index is 9.48. The zero-order chi connectivity index (χ0) is 17.6. The van der Waals surface area contributed by atoms with E-state index < -0.39 is 0 Å². The summed E-state index contributed by atoms with van der Waals surface area (Å²) in [7, 11) is 4.06. The number of piperazine rings is 1. The molecule has 5 nitrogen and oxygen atoms in total. The van der Waals surface area contributed by atoms with Crippen molar-refractivity contribution >= 4 is 16.5 Å². The molecule has 1 aliphatic heterocycles. The Kier molecular flexibility index (Phi) is 6.42. The molecule has 25 heavy (non-hydrogen) atoms. The molecule has 0 saturated carbocycles. The van der Waals surface area contributed by atoms with Crippen molar-refractivity contribution < 1.29 is 5.11 Å². The molecule has 1 fully saturated rings. The number of anilines is 1. The van der Waals surface area contributed by atoms with Gasteiger partial charge < -0.3 is 10.0 Å². The summed E-state index contributed by atoms with van der Waals surface area (Å²) in [4.78, 5) is 12.8. The molecule has 0 aliphatic carbocycles. The van der Waals surface area contributed by atoms with Crippen LogP contribution in [0.25, 0.3) is 0 Å². The normalized spacial score (nSPS) is 19.2. The van der Waals surface area contributed by atoms with Crippen LogP contribution in [-0.4, -0.2) is 66.3 Å². The van der Waals surface area contributed by atoms with Crippen LogP contribution < -0.4 is 4.90 Å². The molecule has 0 spiro atoms. The van der Waals surface area contributed by atoms with Gasteiger partial charge in [0.25, 0.3) is 0 Å². The highest BCUT2D eigenvalue weighted by atomic mass is 32.1. The third-order valence-corrected chi connectivity index (χ3v) is 5.83. The summed E-state index contributed by atoms with van der Waals surface area (Å²) in [6.07, 6.45) is 2.83. The molecule has 0 radical (unpaired) electrons. The second kappa shape index (κ2) is 8.76. The fraction of sp³-hybridized carbons (Fsp3) is 0.526. The van der Waals surface area contributed by atoms with Gasteiger partial charge in [-0.25, -0.2) is 4.98 Å². The minimum Gasteiger partial charge on any atom is -0.396 e. The lowest BCUT2D eigenvalue weighted by molar-refractivity contribution is 0.0504. The molecule has 0 bridgehead atoms. The molecule has 1 N–H and O–H groups in total. The standard InChI is InChI=1S/C19H28N4OS/c1-21(2)19-20-12-18(25-19)15-22-9-10-23(17(14-22)8-11-24)13-16-6-4-3-5-7-16/h3-7,12,17,24H,8-11,13-15H2,1-2H3/t17-/m1/s1. The lowest BCUT2D eigenvalue weighted by Gasteiger charge is -2.41. The first-order chi connectivity index (χ1) is 12.2. The number of rotatable bonds is 7. The summed E-state index contributed by atoms with van der Waals surface area (Å²) < 4.78 is 0. The fourth-order valence-electron chi connectivity index (χ4n) is 3.35. The first kappa shape index (κ1) is 18.3. The summed E-state index contributed by atoms with van der Waals surface area (Å²) in [5, 5.41) is 10.5. The van der Waals surface area contributed by atoms with Crippen LogP contribution in [0.3, 0.4) is 0 Å². The van der Waals surface area contributed by atoms with Gasteiger partial charge in [-0.1, -0.05) is 30.3 Å². The molecule has 0 amide bonds. The summed E-state index contributed by atoms with van der Waals surface area (Å²) in [6, 6.07) is 11.0. The van der Waals surface area contributed by atoms with E-state index in [9.17, 15) is 5.11 Å². The van der Waals surface area contributed by atoms with Crippen LogP contribution in [-0.2, 0) is 13.1 Å². The van der Waals surface area contributed by atoms with Gasteiger partial charge in [-0.3, -0.25) is 9.80 Å². The van der Waals surface area contributed by atoms with Crippen molar-refractivity contribution in [2.75, 3.05) is 45.2 Å². The second-order valence-corrected chi connectivity index (χ2v) is 7.95. The molecule has 0 unspecified atom stereocenters. The number of thiazole rings is 1. The predicted molar refractivity (Wildman–Crippen MR) is 104 cm³/mol. The molecule has 6 heteroatoms. The van der Waals surface area contributed by atoms with Gasteiger partial charge in [-0.15, -0.1) is 11.3 Å². The van der Waals surface area contributed by atoms with E-state index in [-0.39, 0.29) is 6.61 Å². The monoisotopic (exact) mass is 360 g/mol. The van der Waals surface area contributed by atoms with Crippen molar-refractivity contribution in [3.8, 4) is 0 Å². The molecule has 136 valence electrons. The number of hydrogen-bond acceptors (Lipinski definition) is 6. The van der Waals surface area contributed by atoms with Gasteiger partial charge in [0.15, 0.2) is 5.13 Å². The van der Waals surface area contributed by atoms with Gasteiger partial charge in [0.1, 0.15) is 0 Å². The summed E-state index contributed by atoms with van der Waals surface area (Å²) >= 11 is 1.76. The highest BCUT2D eigenvalue weighted by Gasteiger charge is 2.27. The second-order valence-electron chi connectivity index (χ2n) is 6.86.